The normalized spacial score (nSPS) is 10.3. The van der Waals surface area contributed by atoms with E-state index in [1.54, 1.807) is 6.20 Å². The van der Waals surface area contributed by atoms with Gasteiger partial charge in [0.15, 0.2) is 0 Å². The van der Waals surface area contributed by atoms with Crippen molar-refractivity contribution in [1.82, 2.24) is 4.98 Å². The Balaban J connectivity index is 2.14. The van der Waals surface area contributed by atoms with E-state index in [9.17, 15) is 0 Å². The van der Waals surface area contributed by atoms with Crippen LogP contribution in [-0.4, -0.2) is 23.2 Å². The van der Waals surface area contributed by atoms with Crippen LogP contribution >= 0.6 is 15.9 Å². The lowest BCUT2D eigenvalue weighted by Crippen LogP contribution is -2.26. The van der Waals surface area contributed by atoms with Crippen LogP contribution in [0.25, 0.3) is 0 Å². The lowest BCUT2D eigenvalue weighted by atomic mass is 10.2. The van der Waals surface area contributed by atoms with Gasteiger partial charge in [0.2, 0.25) is 0 Å². The molecule has 1 N–H and O–H groups in total. The van der Waals surface area contributed by atoms with Crippen LogP contribution in [0.1, 0.15) is 5.69 Å². The number of nitrogens with zero attached hydrogens (tertiary/aromatic N) is 2. The van der Waals surface area contributed by atoms with Crippen molar-refractivity contribution < 1.29 is 5.11 Å². The maximum absolute atomic E-state index is 9.15. The molecule has 0 radical (unpaired) electrons. The number of anilines is 1. The Hall–Kier alpha value is -1.39. The number of para-hydroxylation sites is 1. The lowest BCUT2D eigenvalue weighted by Gasteiger charge is -2.23. The highest BCUT2D eigenvalue weighted by Gasteiger charge is 2.07. The van der Waals surface area contributed by atoms with Gasteiger partial charge in [-0.2, -0.15) is 0 Å². The molecule has 1 heterocycles. The molecule has 0 saturated carbocycles. The molecule has 18 heavy (non-hydrogen) atoms. The van der Waals surface area contributed by atoms with Crippen LogP contribution in [0.2, 0.25) is 0 Å². The van der Waals surface area contributed by atoms with Crippen LogP contribution < -0.4 is 4.90 Å². The molecule has 3 nitrogen and oxygen atoms in total. The van der Waals surface area contributed by atoms with E-state index in [2.05, 4.69) is 25.8 Å². The minimum absolute atomic E-state index is 0.130. The van der Waals surface area contributed by atoms with Gasteiger partial charge in [-0.3, -0.25) is 4.98 Å². The Kier molecular flexibility index (Phi) is 4.73. The van der Waals surface area contributed by atoms with Crippen LogP contribution in [0.4, 0.5) is 5.69 Å². The van der Waals surface area contributed by atoms with Crippen LogP contribution in [0.15, 0.2) is 53.1 Å². The summed E-state index contributed by atoms with van der Waals surface area (Å²) in [6.07, 6.45) is 1.79. The fourth-order valence-electron chi connectivity index (χ4n) is 1.75. The maximum Gasteiger partial charge on any atom is 0.0606 e. The second-order valence-electron chi connectivity index (χ2n) is 3.95. The van der Waals surface area contributed by atoms with Crippen molar-refractivity contribution in [2.45, 2.75) is 6.54 Å². The van der Waals surface area contributed by atoms with Crippen molar-refractivity contribution >= 4 is 21.6 Å². The predicted molar refractivity (Wildman–Crippen MR) is 76.5 cm³/mol. The molecule has 0 fully saturated rings. The van der Waals surface area contributed by atoms with E-state index in [-0.39, 0.29) is 6.61 Å². The molecule has 2 aromatic rings. The van der Waals surface area contributed by atoms with Crippen LogP contribution in [-0.2, 0) is 6.54 Å². The molecule has 0 bridgehead atoms. The number of pyridine rings is 1. The molecule has 4 heteroatoms. The van der Waals surface area contributed by atoms with Gasteiger partial charge in [0.1, 0.15) is 0 Å². The topological polar surface area (TPSA) is 36.4 Å². The quantitative estimate of drug-likeness (QED) is 0.923. The first-order valence-corrected chi connectivity index (χ1v) is 6.60. The van der Waals surface area contributed by atoms with Crippen molar-refractivity contribution in [3.63, 3.8) is 0 Å². The van der Waals surface area contributed by atoms with Crippen molar-refractivity contribution in [2.24, 2.45) is 0 Å². The zero-order valence-electron chi connectivity index (χ0n) is 9.96. The summed E-state index contributed by atoms with van der Waals surface area (Å²) in [6.45, 7) is 1.42. The molecule has 1 aromatic heterocycles. The van der Waals surface area contributed by atoms with Gasteiger partial charge in [-0.1, -0.05) is 18.2 Å². The fraction of sp³-hybridized carbons (Fsp3) is 0.214. The standard InChI is InChI=1S/C14H15BrN2O/c15-12-6-7-13(16-10-12)11-17(8-9-18)14-4-2-1-3-5-14/h1-7,10,18H,8-9,11H2. The van der Waals surface area contributed by atoms with Gasteiger partial charge in [-0.05, 0) is 40.2 Å². The van der Waals surface area contributed by atoms with Gasteiger partial charge in [-0.25, -0.2) is 0 Å². The molecule has 1 aromatic carbocycles. The first-order valence-electron chi connectivity index (χ1n) is 5.81. The highest BCUT2D eigenvalue weighted by molar-refractivity contribution is 9.10. The van der Waals surface area contributed by atoms with Crippen molar-refractivity contribution in [3.05, 3.63) is 58.8 Å². The molecule has 0 atom stereocenters. The van der Waals surface area contributed by atoms with Crippen molar-refractivity contribution in [2.75, 3.05) is 18.1 Å². The van der Waals surface area contributed by atoms with Crippen molar-refractivity contribution in [3.8, 4) is 0 Å². The summed E-state index contributed by atoms with van der Waals surface area (Å²) in [5.41, 5.74) is 2.08. The average Bonchev–Trinajstić information content (AvgIpc) is 2.42. The highest BCUT2D eigenvalue weighted by Crippen LogP contribution is 2.16. The SMILES string of the molecule is OCCN(Cc1ccc(Br)cn1)c1ccccc1. The number of benzene rings is 1. The van der Waals surface area contributed by atoms with Crippen LogP contribution in [0, 0.1) is 0 Å². The Morgan fingerprint density at radius 1 is 1.11 bits per heavy atom. The van der Waals surface area contributed by atoms with Gasteiger partial charge in [0.25, 0.3) is 0 Å². The van der Waals surface area contributed by atoms with Gasteiger partial charge in [0.05, 0.1) is 18.8 Å². The van der Waals surface area contributed by atoms with E-state index >= 15 is 0 Å². The van der Waals surface area contributed by atoms with Gasteiger partial charge in [0, 0.05) is 22.9 Å². The molecule has 0 unspecified atom stereocenters. The molecule has 0 saturated heterocycles. The van der Waals surface area contributed by atoms with E-state index < -0.39 is 0 Å². The summed E-state index contributed by atoms with van der Waals surface area (Å²) in [5.74, 6) is 0. The smallest absolute Gasteiger partial charge is 0.0606 e. The Morgan fingerprint density at radius 2 is 1.89 bits per heavy atom. The molecule has 0 aliphatic carbocycles. The summed E-state index contributed by atoms with van der Waals surface area (Å²) in [4.78, 5) is 6.46. The van der Waals surface area contributed by atoms with E-state index in [0.29, 0.717) is 13.1 Å². The third kappa shape index (κ3) is 3.55. The monoisotopic (exact) mass is 306 g/mol. The number of aliphatic hydroxyl groups is 1. The third-order valence-electron chi connectivity index (χ3n) is 2.63. The maximum atomic E-state index is 9.15. The fourth-order valence-corrected chi connectivity index (χ4v) is 1.99. The van der Waals surface area contributed by atoms with Gasteiger partial charge < -0.3 is 10.0 Å². The van der Waals surface area contributed by atoms with Crippen LogP contribution in [0.3, 0.4) is 0 Å². The second-order valence-corrected chi connectivity index (χ2v) is 4.86. The molecular formula is C14H15BrN2O. The minimum Gasteiger partial charge on any atom is -0.395 e. The first kappa shape index (κ1) is 13.1. The van der Waals surface area contributed by atoms with E-state index in [4.69, 9.17) is 5.11 Å². The zero-order chi connectivity index (χ0) is 12.8. The van der Waals surface area contributed by atoms with Crippen molar-refractivity contribution in [1.29, 1.82) is 0 Å². The number of rotatable bonds is 5. The Labute approximate surface area is 115 Å². The summed E-state index contributed by atoms with van der Waals surface area (Å²) in [6, 6.07) is 14.0. The number of halogens is 1. The van der Waals surface area contributed by atoms with Gasteiger partial charge >= 0.3 is 0 Å². The zero-order valence-corrected chi connectivity index (χ0v) is 11.5. The molecule has 94 valence electrons. The number of aliphatic hydroxyl groups excluding tert-OH is 1. The molecule has 0 spiro atoms. The number of aromatic nitrogens is 1. The minimum atomic E-state index is 0.130. The molecular weight excluding hydrogens is 292 g/mol. The Bertz CT molecular complexity index is 473. The summed E-state index contributed by atoms with van der Waals surface area (Å²) in [7, 11) is 0. The first-order chi connectivity index (χ1) is 8.79. The van der Waals surface area contributed by atoms with Gasteiger partial charge in [-0.15, -0.1) is 0 Å². The molecule has 2 rings (SSSR count). The van der Waals surface area contributed by atoms with Crippen LogP contribution in [0.5, 0.6) is 0 Å². The van der Waals surface area contributed by atoms with E-state index in [1.165, 1.54) is 0 Å². The largest absolute Gasteiger partial charge is 0.395 e. The third-order valence-corrected chi connectivity index (χ3v) is 3.10. The molecule has 0 aliphatic rings. The summed E-state index contributed by atoms with van der Waals surface area (Å²) in [5, 5.41) is 9.15. The molecule has 0 aliphatic heterocycles. The number of hydrogen-bond acceptors (Lipinski definition) is 3. The second kappa shape index (κ2) is 6.52. The summed E-state index contributed by atoms with van der Waals surface area (Å²) >= 11 is 3.37. The van der Waals surface area contributed by atoms with E-state index in [0.717, 1.165) is 15.9 Å². The summed E-state index contributed by atoms with van der Waals surface area (Å²) < 4.78 is 0.972. The predicted octanol–water partition coefficient (Wildman–Crippen LogP) is 2.84. The number of hydrogen-bond donors (Lipinski definition) is 1. The lowest BCUT2D eigenvalue weighted by molar-refractivity contribution is 0.301. The molecule has 0 amide bonds. The average molecular weight is 307 g/mol. The van der Waals surface area contributed by atoms with E-state index in [1.807, 2.05) is 42.5 Å². The highest BCUT2D eigenvalue weighted by atomic mass is 79.9. The Morgan fingerprint density at radius 3 is 2.50 bits per heavy atom.